The van der Waals surface area contributed by atoms with Crippen LogP contribution in [0.15, 0.2) is 115 Å². The van der Waals surface area contributed by atoms with Crippen LogP contribution in [-0.2, 0) is 58.9 Å². The van der Waals surface area contributed by atoms with Gasteiger partial charge in [-0.15, -0.1) is 0 Å². The molecule has 2 bridgehead atoms. The van der Waals surface area contributed by atoms with E-state index in [-0.39, 0.29) is 76.7 Å². The van der Waals surface area contributed by atoms with E-state index < -0.39 is 183 Å². The number of esters is 1. The van der Waals surface area contributed by atoms with Crippen molar-refractivity contribution in [3.05, 3.63) is 121 Å². The number of cyclic esters (lactones) is 1. The fourth-order valence-electron chi connectivity index (χ4n) is 11.7. The molecule has 2 fully saturated rings. The Kier molecular flexibility index (Phi) is 39.6. The maximum atomic E-state index is 14.4. The van der Waals surface area contributed by atoms with E-state index in [2.05, 4.69) is 26.6 Å². The molecule has 28 heteroatoms. The number of amides is 5. The molecule has 0 spiro atoms. The van der Waals surface area contributed by atoms with Crippen LogP contribution in [0.5, 0.6) is 0 Å². The lowest BCUT2D eigenvalue weighted by atomic mass is 9.82. The maximum Gasteiger partial charge on any atom is 0.308 e. The normalized spacial score (nSPS) is 32.2. The minimum absolute atomic E-state index is 0.0402. The second-order valence-electron chi connectivity index (χ2n) is 26.5. The summed E-state index contributed by atoms with van der Waals surface area (Å²) in [5, 5.41) is 125. The average molecular weight is 1430 g/mol. The molecule has 0 aromatic heterocycles. The van der Waals surface area contributed by atoms with Crippen molar-refractivity contribution >= 4 is 47.8 Å². The number of ether oxygens (including phenoxy) is 5. The molecule has 2 saturated heterocycles. The quantitative estimate of drug-likeness (QED) is 0.0413. The lowest BCUT2D eigenvalue weighted by molar-refractivity contribution is -0.307. The predicted octanol–water partition coefficient (Wildman–Crippen LogP) is 1.00. The monoisotopic (exact) mass is 1430 g/mol. The standard InChI is InChI=1S/C72H112N6O21S/c1-44(2)35-55(77-68(91)54(76-43-79)29-34-100-7)69(92)78-56(36-49-24-20-18-21-25-49)67(90)74-30-32-95-33-31-75-70(93)62-59(85)42-72(94)41-52(82)38-58(84)57(83)28-27-50(80)37-51(81)39-61(86)96-47(5)46(4)64(87)45(3)23-19-16-14-12-10-8-9-11-13-15-17-22-26-53(40-60(62)99-72)98-71-66(89)63(73)65(88)48(6)97-71/h8-26,43-48,50-60,62-66,71,80-85,87-89,94H,27-42,73H2,1-7H3,(H,74,90)(H,75,93)(H,76,79)(H,77,91)(H,78,92). The van der Waals surface area contributed by atoms with Crippen LogP contribution in [0.2, 0.25) is 0 Å². The molecule has 3 aliphatic heterocycles. The fraction of sp³-hybridized carbons (Fsp3) is 0.639. The minimum atomic E-state index is -2.40. The van der Waals surface area contributed by atoms with Crippen LogP contribution >= 0.6 is 11.8 Å². The van der Waals surface area contributed by atoms with Gasteiger partial charge in [0.1, 0.15) is 30.3 Å². The summed E-state index contributed by atoms with van der Waals surface area (Å²) in [7, 11) is 0. The molecule has 3 heterocycles. The average Bonchev–Trinajstić information content (AvgIpc) is 0.788. The number of aliphatic hydroxyl groups excluding tert-OH is 9. The molecule has 4 rings (SSSR count). The van der Waals surface area contributed by atoms with Crippen LogP contribution in [-0.4, -0.2) is 241 Å². The van der Waals surface area contributed by atoms with Crippen LogP contribution in [0.25, 0.3) is 0 Å². The molecule has 0 radical (unpaired) electrons. The molecular formula is C72H112N6O21S. The molecule has 1 aromatic carbocycles. The number of fused-ring (bicyclic) bond motifs is 2. The van der Waals surface area contributed by atoms with Crippen LogP contribution < -0.4 is 32.3 Å². The Balaban J connectivity index is 1.55. The van der Waals surface area contributed by atoms with Crippen molar-refractivity contribution in [3.63, 3.8) is 0 Å². The van der Waals surface area contributed by atoms with E-state index in [1.807, 2.05) is 39.2 Å². The highest BCUT2D eigenvalue weighted by atomic mass is 32.2. The molecule has 0 saturated carbocycles. The molecule has 3 aliphatic rings. The van der Waals surface area contributed by atoms with Gasteiger partial charge in [-0.2, -0.15) is 11.8 Å². The van der Waals surface area contributed by atoms with E-state index >= 15 is 0 Å². The van der Waals surface area contributed by atoms with Crippen LogP contribution in [0.3, 0.4) is 0 Å². The first-order chi connectivity index (χ1) is 47.6. The molecule has 22 unspecified atom stereocenters. The third-order valence-corrected chi connectivity index (χ3v) is 18.2. The van der Waals surface area contributed by atoms with Gasteiger partial charge in [-0.05, 0) is 69.4 Å². The fourth-order valence-corrected chi connectivity index (χ4v) is 12.2. The van der Waals surface area contributed by atoms with Crippen molar-refractivity contribution in [2.24, 2.45) is 29.4 Å². The molecule has 100 heavy (non-hydrogen) atoms. The summed E-state index contributed by atoms with van der Waals surface area (Å²) in [6.45, 7) is 10.1. The highest BCUT2D eigenvalue weighted by molar-refractivity contribution is 7.98. The zero-order valence-corrected chi connectivity index (χ0v) is 59.3. The van der Waals surface area contributed by atoms with E-state index in [4.69, 9.17) is 29.4 Å². The van der Waals surface area contributed by atoms with Crippen molar-refractivity contribution in [2.45, 2.75) is 228 Å². The van der Waals surface area contributed by atoms with Crippen molar-refractivity contribution in [3.8, 4) is 0 Å². The van der Waals surface area contributed by atoms with Crippen LogP contribution in [0.1, 0.15) is 111 Å². The van der Waals surface area contributed by atoms with Crippen LogP contribution in [0, 0.1) is 23.7 Å². The zero-order valence-electron chi connectivity index (χ0n) is 58.5. The molecule has 17 N–H and O–H groups in total. The zero-order chi connectivity index (χ0) is 73.9. The number of nitrogens with one attached hydrogen (secondary N) is 5. The van der Waals surface area contributed by atoms with E-state index in [1.165, 1.54) is 18.7 Å². The Hall–Kier alpha value is -6.03. The first kappa shape index (κ1) is 86.4. The summed E-state index contributed by atoms with van der Waals surface area (Å²) >= 11 is 1.49. The summed E-state index contributed by atoms with van der Waals surface area (Å²) in [5.74, 6) is -7.32. The van der Waals surface area contributed by atoms with E-state index in [0.29, 0.717) is 18.6 Å². The first-order valence-corrected chi connectivity index (χ1v) is 35.9. The van der Waals surface area contributed by atoms with Crippen molar-refractivity contribution < 1.29 is 104 Å². The number of rotatable bonds is 23. The molecule has 562 valence electrons. The number of benzene rings is 1. The molecule has 22 atom stereocenters. The number of allylic oxidation sites excluding steroid dienone is 12. The highest BCUT2D eigenvalue weighted by Gasteiger charge is 2.51. The maximum absolute atomic E-state index is 14.4. The minimum Gasteiger partial charge on any atom is -0.462 e. The van der Waals surface area contributed by atoms with Gasteiger partial charge in [-0.3, -0.25) is 28.8 Å². The molecular weight excluding hydrogens is 1320 g/mol. The van der Waals surface area contributed by atoms with Gasteiger partial charge in [0.25, 0.3) is 0 Å². The third kappa shape index (κ3) is 31.3. The predicted molar refractivity (Wildman–Crippen MR) is 376 cm³/mol. The summed E-state index contributed by atoms with van der Waals surface area (Å²) in [6.07, 6.45) is 5.60. The van der Waals surface area contributed by atoms with Gasteiger partial charge in [0.15, 0.2) is 12.1 Å². The Morgan fingerprint density at radius 1 is 0.680 bits per heavy atom. The van der Waals surface area contributed by atoms with Gasteiger partial charge in [0.05, 0.1) is 98.7 Å². The lowest BCUT2D eigenvalue weighted by Crippen LogP contribution is -2.62. The number of carbonyl (C=O) groups excluding carboxylic acids is 6. The van der Waals surface area contributed by atoms with Gasteiger partial charge < -0.3 is 107 Å². The van der Waals surface area contributed by atoms with Crippen molar-refractivity contribution in [1.82, 2.24) is 26.6 Å². The summed E-state index contributed by atoms with van der Waals surface area (Å²) < 4.78 is 29.8. The van der Waals surface area contributed by atoms with Crippen LogP contribution in [0.4, 0.5) is 0 Å². The topological polar surface area (TPSA) is 437 Å². The summed E-state index contributed by atoms with van der Waals surface area (Å²) in [4.78, 5) is 79.7. The number of nitrogens with two attached hydrogens (primary N) is 1. The van der Waals surface area contributed by atoms with E-state index in [0.717, 1.165) is 5.56 Å². The Bertz CT molecular complexity index is 2830. The number of carbonyl (C=O) groups is 6. The Labute approximate surface area is 591 Å². The summed E-state index contributed by atoms with van der Waals surface area (Å²) in [6, 6.07) is 4.77. The molecule has 5 amide bonds. The van der Waals surface area contributed by atoms with E-state index in [1.54, 1.807) is 117 Å². The smallest absolute Gasteiger partial charge is 0.308 e. The SMILES string of the molecule is CSCCC(NC=O)C(=O)NC(CC(C)C)C(=O)NC(Cc1ccccc1)C(=O)NCCOCCNC(=O)C1C(O)CC2(O)CC(O)CC(O)C(O)CCC(O)CC(O)CC(=O)OC(C)C(C)C(O)C(C)C=CC=CC=CC=CC=CC=CC=CC(OC3OC(C)C(O)C(N)C3O)CC1O2. The number of aliphatic hydroxyl groups is 10. The summed E-state index contributed by atoms with van der Waals surface area (Å²) in [5.41, 5.74) is 6.93. The van der Waals surface area contributed by atoms with Crippen molar-refractivity contribution in [1.29, 1.82) is 0 Å². The Morgan fingerprint density at radius 3 is 1.90 bits per heavy atom. The number of hydrogen-bond donors (Lipinski definition) is 16. The molecule has 1 aromatic rings. The van der Waals surface area contributed by atoms with Gasteiger partial charge >= 0.3 is 5.97 Å². The molecule has 27 nitrogen and oxygen atoms in total. The third-order valence-electron chi connectivity index (χ3n) is 17.6. The highest BCUT2D eigenvalue weighted by Crippen LogP contribution is 2.38. The van der Waals surface area contributed by atoms with Crippen molar-refractivity contribution in [2.75, 3.05) is 38.3 Å². The van der Waals surface area contributed by atoms with E-state index in [9.17, 15) is 79.8 Å². The van der Waals surface area contributed by atoms with Gasteiger partial charge in [0, 0.05) is 57.0 Å². The second kappa shape index (κ2) is 45.8. The Morgan fingerprint density at radius 2 is 1.28 bits per heavy atom. The second-order valence-corrected chi connectivity index (χ2v) is 27.5. The lowest BCUT2D eigenvalue weighted by Gasteiger charge is -2.46. The van der Waals surface area contributed by atoms with Gasteiger partial charge in [-0.25, -0.2) is 0 Å². The molecule has 0 aliphatic carbocycles. The van der Waals surface area contributed by atoms with Gasteiger partial charge in [0.2, 0.25) is 30.0 Å². The largest absolute Gasteiger partial charge is 0.462 e. The first-order valence-electron chi connectivity index (χ1n) is 34.5. The number of thioether (sulfide) groups is 1. The van der Waals surface area contributed by atoms with Gasteiger partial charge in [-0.1, -0.05) is 143 Å². The number of hydrogen-bond acceptors (Lipinski definition) is 23.